The summed E-state index contributed by atoms with van der Waals surface area (Å²) in [4.78, 5) is 21.9. The van der Waals surface area contributed by atoms with Crippen molar-refractivity contribution in [2.75, 3.05) is 13.2 Å². The van der Waals surface area contributed by atoms with E-state index in [9.17, 15) is 14.7 Å². The van der Waals surface area contributed by atoms with Gasteiger partial charge in [-0.1, -0.05) is 6.92 Å². The molecule has 15 heavy (non-hydrogen) atoms. The molecular formula is C9H17NO5. The fourth-order valence-electron chi connectivity index (χ4n) is 0.892. The first-order valence-electron chi connectivity index (χ1n) is 4.77. The minimum Gasteiger partial charge on any atom is -0.394 e. The van der Waals surface area contributed by atoms with Gasteiger partial charge in [-0.25, -0.2) is 0 Å². The quantitative estimate of drug-likeness (QED) is 0.403. The Morgan fingerprint density at radius 1 is 1.33 bits per heavy atom. The number of amides is 1. The molecule has 88 valence electrons. The molecule has 0 aromatic carbocycles. The van der Waals surface area contributed by atoms with E-state index in [0.29, 0.717) is 0 Å². The van der Waals surface area contributed by atoms with Gasteiger partial charge in [0.1, 0.15) is 6.10 Å². The third-order valence-corrected chi connectivity index (χ3v) is 1.86. The normalized spacial score (nSPS) is 14.4. The molecule has 0 saturated carbocycles. The van der Waals surface area contributed by atoms with Crippen LogP contribution in [0.25, 0.3) is 0 Å². The summed E-state index contributed by atoms with van der Waals surface area (Å²) in [5.74, 6) is -0.859. The number of carbonyl (C=O) groups excluding carboxylic acids is 2. The van der Waals surface area contributed by atoms with Crippen LogP contribution < -0.4 is 5.32 Å². The number of carbonyl (C=O) groups is 2. The first kappa shape index (κ1) is 14.0. The zero-order valence-corrected chi connectivity index (χ0v) is 8.64. The minimum atomic E-state index is -1.36. The van der Waals surface area contributed by atoms with Crippen molar-refractivity contribution < 1.29 is 24.9 Å². The molecule has 2 unspecified atom stereocenters. The van der Waals surface area contributed by atoms with Crippen molar-refractivity contribution in [1.29, 1.82) is 0 Å². The van der Waals surface area contributed by atoms with E-state index < -0.39 is 24.6 Å². The van der Waals surface area contributed by atoms with Crippen LogP contribution >= 0.6 is 0 Å². The lowest BCUT2D eigenvalue weighted by Crippen LogP contribution is -2.37. The molecule has 1 amide bonds. The van der Waals surface area contributed by atoms with Gasteiger partial charge in [0.25, 0.3) is 0 Å². The number of ketones is 1. The smallest absolute Gasteiger partial charge is 0.220 e. The lowest BCUT2D eigenvalue weighted by atomic mass is 10.1. The molecule has 0 rings (SSSR count). The Hall–Kier alpha value is -0.980. The van der Waals surface area contributed by atoms with Crippen LogP contribution in [0.5, 0.6) is 0 Å². The van der Waals surface area contributed by atoms with Gasteiger partial charge >= 0.3 is 0 Å². The van der Waals surface area contributed by atoms with E-state index in [-0.39, 0.29) is 25.3 Å². The lowest BCUT2D eigenvalue weighted by Gasteiger charge is -2.12. The second kappa shape index (κ2) is 7.33. The zero-order valence-electron chi connectivity index (χ0n) is 8.64. The monoisotopic (exact) mass is 219 g/mol. The molecule has 0 heterocycles. The highest BCUT2D eigenvalue weighted by molar-refractivity contribution is 5.88. The van der Waals surface area contributed by atoms with Crippen LogP contribution in [0, 0.1) is 0 Å². The molecular weight excluding hydrogens is 202 g/mol. The Morgan fingerprint density at radius 2 is 1.93 bits per heavy atom. The minimum absolute atomic E-state index is 0.225. The van der Waals surface area contributed by atoms with Crippen LogP contribution in [0.4, 0.5) is 0 Å². The summed E-state index contributed by atoms with van der Waals surface area (Å²) in [6.07, 6.45) is -2.44. The van der Waals surface area contributed by atoms with Crippen molar-refractivity contribution in [3.63, 3.8) is 0 Å². The molecule has 0 aliphatic heterocycles. The molecule has 0 aromatic rings. The van der Waals surface area contributed by atoms with Gasteiger partial charge in [0.15, 0.2) is 5.78 Å². The molecule has 6 heteroatoms. The van der Waals surface area contributed by atoms with Crippen molar-refractivity contribution in [2.45, 2.75) is 32.0 Å². The molecule has 0 spiro atoms. The predicted octanol–water partition coefficient (Wildman–Crippen LogP) is -1.81. The molecule has 0 radical (unpaired) electrons. The van der Waals surface area contributed by atoms with Crippen molar-refractivity contribution in [3.05, 3.63) is 0 Å². The average Bonchev–Trinajstić information content (AvgIpc) is 2.24. The molecule has 0 bridgehead atoms. The topological polar surface area (TPSA) is 107 Å². The van der Waals surface area contributed by atoms with E-state index in [2.05, 4.69) is 5.32 Å². The highest BCUT2D eigenvalue weighted by atomic mass is 16.3. The summed E-state index contributed by atoms with van der Waals surface area (Å²) in [6, 6.07) is 0. The third-order valence-electron chi connectivity index (χ3n) is 1.86. The Labute approximate surface area is 87.9 Å². The van der Waals surface area contributed by atoms with Crippen molar-refractivity contribution in [2.24, 2.45) is 0 Å². The summed E-state index contributed by atoms with van der Waals surface area (Å²) < 4.78 is 0. The molecule has 2 atom stereocenters. The summed E-state index contributed by atoms with van der Waals surface area (Å²) in [5.41, 5.74) is 0. The summed E-state index contributed by atoms with van der Waals surface area (Å²) >= 11 is 0. The highest BCUT2D eigenvalue weighted by Gasteiger charge is 2.18. The lowest BCUT2D eigenvalue weighted by molar-refractivity contribution is -0.130. The van der Waals surface area contributed by atoms with Crippen LogP contribution in [0.1, 0.15) is 19.8 Å². The van der Waals surface area contributed by atoms with E-state index >= 15 is 0 Å². The Kier molecular flexibility index (Phi) is 6.85. The maximum Gasteiger partial charge on any atom is 0.220 e. The Balaban J connectivity index is 3.84. The standard InChI is InChI=1S/C9H17NO5/c1-2-9(15)10-4-8(14)7(13)3-6(12)5-11/h6-7,11-13H,2-5H2,1H3,(H,10,15). The number of rotatable bonds is 7. The van der Waals surface area contributed by atoms with E-state index in [1.807, 2.05) is 0 Å². The van der Waals surface area contributed by atoms with E-state index in [1.54, 1.807) is 6.92 Å². The molecule has 0 aliphatic carbocycles. The molecule has 0 fully saturated rings. The van der Waals surface area contributed by atoms with Gasteiger partial charge in [-0.3, -0.25) is 9.59 Å². The maximum absolute atomic E-state index is 11.2. The molecule has 0 aromatic heterocycles. The van der Waals surface area contributed by atoms with Gasteiger partial charge in [-0.05, 0) is 0 Å². The predicted molar refractivity (Wildman–Crippen MR) is 52.0 cm³/mol. The molecule has 0 aliphatic rings. The molecule has 0 saturated heterocycles. The zero-order chi connectivity index (χ0) is 11.8. The summed E-state index contributed by atoms with van der Waals surface area (Å²) in [6.45, 7) is 0.878. The molecule has 6 nitrogen and oxygen atoms in total. The number of hydrogen-bond donors (Lipinski definition) is 4. The van der Waals surface area contributed by atoms with Crippen LogP contribution in [0.2, 0.25) is 0 Å². The number of aliphatic hydroxyl groups excluding tert-OH is 3. The van der Waals surface area contributed by atoms with Gasteiger partial charge < -0.3 is 20.6 Å². The fourth-order valence-corrected chi connectivity index (χ4v) is 0.892. The number of hydrogen-bond acceptors (Lipinski definition) is 5. The number of Topliss-reactive ketones (excluding diaryl/α,β-unsaturated/α-hetero) is 1. The van der Waals surface area contributed by atoms with E-state index in [1.165, 1.54) is 0 Å². The van der Waals surface area contributed by atoms with Gasteiger partial charge in [-0.2, -0.15) is 0 Å². The SMILES string of the molecule is CCC(=O)NCC(=O)C(O)CC(O)CO. The van der Waals surface area contributed by atoms with Gasteiger partial charge in [-0.15, -0.1) is 0 Å². The largest absolute Gasteiger partial charge is 0.394 e. The third kappa shape index (κ3) is 6.16. The van der Waals surface area contributed by atoms with Crippen LogP contribution in [0.15, 0.2) is 0 Å². The fraction of sp³-hybridized carbons (Fsp3) is 0.778. The van der Waals surface area contributed by atoms with Crippen LogP contribution in [-0.4, -0.2) is 52.4 Å². The van der Waals surface area contributed by atoms with E-state index in [4.69, 9.17) is 10.2 Å². The summed E-state index contributed by atoms with van der Waals surface area (Å²) in [7, 11) is 0. The number of nitrogens with one attached hydrogen (secondary N) is 1. The molecule has 4 N–H and O–H groups in total. The van der Waals surface area contributed by atoms with Crippen LogP contribution in [0.3, 0.4) is 0 Å². The first-order valence-corrected chi connectivity index (χ1v) is 4.77. The van der Waals surface area contributed by atoms with Gasteiger partial charge in [0, 0.05) is 12.8 Å². The van der Waals surface area contributed by atoms with Crippen molar-refractivity contribution in [1.82, 2.24) is 5.32 Å². The van der Waals surface area contributed by atoms with Crippen LogP contribution in [-0.2, 0) is 9.59 Å². The van der Waals surface area contributed by atoms with Gasteiger partial charge in [0.05, 0.1) is 19.3 Å². The average molecular weight is 219 g/mol. The second-order valence-electron chi connectivity index (χ2n) is 3.18. The van der Waals surface area contributed by atoms with Gasteiger partial charge in [0.2, 0.25) is 5.91 Å². The summed E-state index contributed by atoms with van der Waals surface area (Å²) in [5, 5.41) is 29.0. The Bertz CT molecular complexity index is 219. The first-order chi connectivity index (χ1) is 7.01. The number of aliphatic hydroxyl groups is 3. The second-order valence-corrected chi connectivity index (χ2v) is 3.18. The highest BCUT2D eigenvalue weighted by Crippen LogP contribution is 1.98. The maximum atomic E-state index is 11.2. The van der Waals surface area contributed by atoms with E-state index in [0.717, 1.165) is 0 Å². The van der Waals surface area contributed by atoms with Crippen molar-refractivity contribution in [3.8, 4) is 0 Å². The Morgan fingerprint density at radius 3 is 2.40 bits per heavy atom. The van der Waals surface area contributed by atoms with Crippen molar-refractivity contribution >= 4 is 11.7 Å².